The number of aliphatic carboxylic acids is 1. The van der Waals surface area contributed by atoms with Gasteiger partial charge in [-0.1, -0.05) is 6.92 Å². The van der Waals surface area contributed by atoms with Gasteiger partial charge in [0.15, 0.2) is 5.13 Å². The highest BCUT2D eigenvalue weighted by molar-refractivity contribution is 7.15. The van der Waals surface area contributed by atoms with Crippen LogP contribution in [0, 0.1) is 0 Å². The Kier molecular flexibility index (Phi) is 3.99. The smallest absolute Gasteiger partial charge is 0.303 e. The number of thiazole rings is 1. The van der Waals surface area contributed by atoms with Gasteiger partial charge in [-0.05, 0) is 25.7 Å². The summed E-state index contributed by atoms with van der Waals surface area (Å²) in [5.74, 6) is -0.733. The molecule has 1 aromatic rings. The van der Waals surface area contributed by atoms with Crippen LogP contribution in [0.15, 0.2) is 0 Å². The zero-order chi connectivity index (χ0) is 12.3. The number of hydrogen-bond donors (Lipinski definition) is 1. The molecule has 1 aliphatic rings. The van der Waals surface area contributed by atoms with E-state index >= 15 is 0 Å². The molecule has 1 aliphatic heterocycles. The van der Waals surface area contributed by atoms with Crippen molar-refractivity contribution in [3.63, 3.8) is 0 Å². The highest BCUT2D eigenvalue weighted by Crippen LogP contribution is 2.30. The lowest BCUT2D eigenvalue weighted by molar-refractivity contribution is -0.136. The highest BCUT2D eigenvalue weighted by atomic mass is 32.1. The van der Waals surface area contributed by atoms with E-state index in [1.54, 1.807) is 11.3 Å². The predicted molar refractivity (Wildman–Crippen MR) is 68.9 cm³/mol. The maximum Gasteiger partial charge on any atom is 0.303 e. The van der Waals surface area contributed by atoms with Crippen LogP contribution in [0.5, 0.6) is 0 Å². The highest BCUT2D eigenvalue weighted by Gasteiger charge is 2.18. The van der Waals surface area contributed by atoms with Crippen LogP contribution in [0.3, 0.4) is 0 Å². The Morgan fingerprint density at radius 2 is 2.18 bits per heavy atom. The minimum atomic E-state index is -0.733. The number of anilines is 1. The Balaban J connectivity index is 2.10. The van der Waals surface area contributed by atoms with Crippen molar-refractivity contribution in [3.05, 3.63) is 10.6 Å². The molecular weight excluding hydrogens is 236 g/mol. The van der Waals surface area contributed by atoms with Gasteiger partial charge < -0.3 is 10.0 Å². The van der Waals surface area contributed by atoms with E-state index in [0.29, 0.717) is 6.42 Å². The zero-order valence-electron chi connectivity index (χ0n) is 10.1. The molecule has 0 aliphatic carbocycles. The normalized spacial score (nSPS) is 15.5. The molecule has 5 heteroatoms. The van der Waals surface area contributed by atoms with E-state index in [0.717, 1.165) is 35.2 Å². The van der Waals surface area contributed by atoms with E-state index in [2.05, 4.69) is 16.8 Å². The fraction of sp³-hybridized carbons (Fsp3) is 0.667. The molecule has 94 valence electrons. The number of rotatable bonds is 5. The third-order valence-electron chi connectivity index (χ3n) is 3.04. The first-order valence-electron chi connectivity index (χ1n) is 6.16. The van der Waals surface area contributed by atoms with Gasteiger partial charge in [0, 0.05) is 18.0 Å². The molecule has 0 atom stereocenters. The largest absolute Gasteiger partial charge is 0.481 e. The number of aromatic nitrogens is 1. The summed E-state index contributed by atoms with van der Waals surface area (Å²) >= 11 is 1.67. The van der Waals surface area contributed by atoms with Gasteiger partial charge in [0.2, 0.25) is 0 Å². The number of carboxylic acids is 1. The molecule has 4 nitrogen and oxygen atoms in total. The third kappa shape index (κ3) is 2.97. The molecule has 0 unspecified atom stereocenters. The molecule has 0 amide bonds. The second kappa shape index (κ2) is 5.49. The summed E-state index contributed by atoms with van der Waals surface area (Å²) in [5.41, 5.74) is 1.08. The molecule has 1 saturated heterocycles. The first-order chi connectivity index (χ1) is 8.20. The molecule has 2 heterocycles. The third-order valence-corrected chi connectivity index (χ3v) is 4.26. The van der Waals surface area contributed by atoms with Crippen molar-refractivity contribution in [2.75, 3.05) is 18.0 Å². The maximum atomic E-state index is 10.6. The molecule has 1 fully saturated rings. The molecule has 0 radical (unpaired) electrons. The molecule has 0 saturated carbocycles. The van der Waals surface area contributed by atoms with Crippen LogP contribution in [0.2, 0.25) is 0 Å². The lowest BCUT2D eigenvalue weighted by atomic mass is 10.2. The van der Waals surface area contributed by atoms with Gasteiger partial charge >= 0.3 is 5.97 Å². The topological polar surface area (TPSA) is 53.4 Å². The predicted octanol–water partition coefficient (Wildman–Crippen LogP) is 2.32. The first-order valence-corrected chi connectivity index (χ1v) is 6.97. The SMILES string of the molecule is CCc1nc(N2CCCC2)sc1CCC(=O)O. The van der Waals surface area contributed by atoms with Gasteiger partial charge in [0.25, 0.3) is 0 Å². The van der Waals surface area contributed by atoms with E-state index in [9.17, 15) is 4.79 Å². The second-order valence-corrected chi connectivity index (χ2v) is 5.37. The number of carboxylic acid groups (broad SMARTS) is 1. The molecule has 2 rings (SSSR count). The van der Waals surface area contributed by atoms with Crippen LogP contribution < -0.4 is 4.90 Å². The summed E-state index contributed by atoms with van der Waals surface area (Å²) in [6.07, 6.45) is 4.19. The standard InChI is InChI=1S/C12H18N2O2S/c1-2-9-10(5-6-11(15)16)17-12(13-9)14-7-3-4-8-14/h2-8H2,1H3,(H,15,16). The Bertz CT molecular complexity index is 397. The van der Waals surface area contributed by atoms with E-state index in [1.165, 1.54) is 12.8 Å². The average Bonchev–Trinajstić information content (AvgIpc) is 2.94. The number of nitrogens with zero attached hydrogens (tertiary/aromatic N) is 2. The van der Waals surface area contributed by atoms with Crippen molar-refractivity contribution in [1.29, 1.82) is 0 Å². The summed E-state index contributed by atoms with van der Waals surface area (Å²) in [7, 11) is 0. The van der Waals surface area contributed by atoms with Crippen molar-refractivity contribution in [1.82, 2.24) is 4.98 Å². The van der Waals surface area contributed by atoms with Crippen molar-refractivity contribution < 1.29 is 9.90 Å². The monoisotopic (exact) mass is 254 g/mol. The van der Waals surface area contributed by atoms with E-state index in [4.69, 9.17) is 5.11 Å². The Hall–Kier alpha value is -1.10. The number of aryl methyl sites for hydroxylation is 2. The van der Waals surface area contributed by atoms with Crippen LogP contribution >= 0.6 is 11.3 Å². The fourth-order valence-electron chi connectivity index (χ4n) is 2.11. The van der Waals surface area contributed by atoms with Crippen LogP contribution in [-0.4, -0.2) is 29.1 Å². The van der Waals surface area contributed by atoms with Gasteiger partial charge in [-0.15, -0.1) is 11.3 Å². The van der Waals surface area contributed by atoms with Crippen molar-refractivity contribution >= 4 is 22.4 Å². The molecular formula is C12H18N2O2S. The minimum absolute atomic E-state index is 0.203. The van der Waals surface area contributed by atoms with Crippen LogP contribution in [0.4, 0.5) is 5.13 Å². The molecule has 0 bridgehead atoms. The Morgan fingerprint density at radius 1 is 1.47 bits per heavy atom. The lowest BCUT2D eigenvalue weighted by Gasteiger charge is -2.12. The van der Waals surface area contributed by atoms with E-state index in [1.807, 2.05) is 0 Å². The van der Waals surface area contributed by atoms with Gasteiger partial charge in [0.05, 0.1) is 12.1 Å². The van der Waals surface area contributed by atoms with E-state index < -0.39 is 5.97 Å². The zero-order valence-corrected chi connectivity index (χ0v) is 10.9. The molecule has 0 aromatic carbocycles. The summed E-state index contributed by atoms with van der Waals surface area (Å²) in [5, 5.41) is 9.81. The quantitative estimate of drug-likeness (QED) is 0.876. The van der Waals surface area contributed by atoms with Crippen molar-refractivity contribution in [2.45, 2.75) is 39.0 Å². The first kappa shape index (κ1) is 12.4. The van der Waals surface area contributed by atoms with Crippen LogP contribution in [0.1, 0.15) is 36.8 Å². The van der Waals surface area contributed by atoms with Crippen molar-refractivity contribution in [3.8, 4) is 0 Å². The van der Waals surface area contributed by atoms with Gasteiger partial charge in [-0.25, -0.2) is 4.98 Å². The fourth-order valence-corrected chi connectivity index (χ4v) is 3.31. The van der Waals surface area contributed by atoms with Gasteiger partial charge in [-0.2, -0.15) is 0 Å². The van der Waals surface area contributed by atoms with E-state index in [-0.39, 0.29) is 6.42 Å². The summed E-state index contributed by atoms with van der Waals surface area (Å²) in [6, 6.07) is 0. The van der Waals surface area contributed by atoms with Crippen molar-refractivity contribution in [2.24, 2.45) is 0 Å². The number of hydrogen-bond acceptors (Lipinski definition) is 4. The van der Waals surface area contributed by atoms with Crippen LogP contribution in [-0.2, 0) is 17.6 Å². The minimum Gasteiger partial charge on any atom is -0.481 e. The molecule has 17 heavy (non-hydrogen) atoms. The summed E-state index contributed by atoms with van der Waals surface area (Å²) < 4.78 is 0. The molecule has 1 aromatic heterocycles. The molecule has 1 N–H and O–H groups in total. The lowest BCUT2D eigenvalue weighted by Crippen LogP contribution is -2.17. The number of carbonyl (C=O) groups is 1. The Labute approximate surface area is 105 Å². The van der Waals surface area contributed by atoms with Crippen LogP contribution in [0.25, 0.3) is 0 Å². The molecule has 0 spiro atoms. The summed E-state index contributed by atoms with van der Waals surface area (Å²) in [6.45, 7) is 4.26. The summed E-state index contributed by atoms with van der Waals surface area (Å²) in [4.78, 5) is 18.7. The Morgan fingerprint density at radius 3 is 2.76 bits per heavy atom. The second-order valence-electron chi connectivity index (χ2n) is 4.31. The maximum absolute atomic E-state index is 10.6. The average molecular weight is 254 g/mol. The van der Waals surface area contributed by atoms with Gasteiger partial charge in [-0.3, -0.25) is 4.79 Å². The van der Waals surface area contributed by atoms with Gasteiger partial charge in [0.1, 0.15) is 0 Å².